The lowest BCUT2D eigenvalue weighted by Crippen LogP contribution is -2.45. The Bertz CT molecular complexity index is 884. The van der Waals surface area contributed by atoms with Gasteiger partial charge in [0, 0.05) is 6.54 Å². The van der Waals surface area contributed by atoms with E-state index < -0.39 is 38.6 Å². The Hall–Kier alpha value is -2.39. The number of hydrogen-bond donors (Lipinski definition) is 2. The first-order chi connectivity index (χ1) is 12.6. The lowest BCUT2D eigenvalue weighted by atomic mass is 10.1. The van der Waals surface area contributed by atoms with Crippen LogP contribution in [0, 0.1) is 0 Å². The van der Waals surface area contributed by atoms with Crippen molar-refractivity contribution in [3.8, 4) is 0 Å². The van der Waals surface area contributed by atoms with Gasteiger partial charge in [-0.25, -0.2) is 8.42 Å². The van der Waals surface area contributed by atoms with Gasteiger partial charge in [0.2, 0.25) is 15.9 Å². The first kappa shape index (κ1) is 20.9. The van der Waals surface area contributed by atoms with Crippen LogP contribution in [-0.4, -0.2) is 26.9 Å². The molecule has 2 aromatic rings. The number of amides is 1. The van der Waals surface area contributed by atoms with Crippen LogP contribution in [0.4, 0.5) is 13.2 Å². The molecule has 0 saturated carbocycles. The second-order valence-electron chi connectivity index (χ2n) is 5.90. The summed E-state index contributed by atoms with van der Waals surface area (Å²) in [6, 6.07) is 11.6. The zero-order valence-corrected chi connectivity index (χ0v) is 15.3. The maximum atomic E-state index is 12.7. The van der Waals surface area contributed by atoms with Gasteiger partial charge in [0.25, 0.3) is 0 Å². The number of halogens is 3. The summed E-state index contributed by atoms with van der Waals surface area (Å²) < 4.78 is 64.9. The Kier molecular flexibility index (Phi) is 6.61. The van der Waals surface area contributed by atoms with Gasteiger partial charge in [-0.1, -0.05) is 36.4 Å². The molecule has 0 aromatic heterocycles. The van der Waals surface area contributed by atoms with Gasteiger partial charge in [0.1, 0.15) is 0 Å². The number of alkyl halides is 3. The predicted octanol–water partition coefficient (Wildman–Crippen LogP) is 2.73. The van der Waals surface area contributed by atoms with E-state index >= 15 is 0 Å². The van der Waals surface area contributed by atoms with E-state index in [1.54, 1.807) is 0 Å². The summed E-state index contributed by atoms with van der Waals surface area (Å²) in [6.45, 7) is 1.63. The van der Waals surface area contributed by atoms with Crippen LogP contribution in [0.15, 0.2) is 59.5 Å². The lowest BCUT2D eigenvalue weighted by Gasteiger charge is -2.15. The molecule has 0 bridgehead atoms. The molecule has 0 aliphatic carbocycles. The maximum Gasteiger partial charge on any atom is 0.416 e. The molecule has 0 heterocycles. The fraction of sp³-hybridized carbons (Fsp3) is 0.278. The maximum absolute atomic E-state index is 12.7. The number of benzene rings is 2. The third-order valence-corrected chi connectivity index (χ3v) is 5.29. The molecule has 2 N–H and O–H groups in total. The summed E-state index contributed by atoms with van der Waals surface area (Å²) in [5, 5.41) is 2.59. The number of carbonyl (C=O) groups is 1. The molecule has 146 valence electrons. The Balaban J connectivity index is 1.97. The quantitative estimate of drug-likeness (QED) is 0.751. The second-order valence-corrected chi connectivity index (χ2v) is 7.61. The highest BCUT2D eigenvalue weighted by atomic mass is 32.2. The topological polar surface area (TPSA) is 75.3 Å². The van der Waals surface area contributed by atoms with Crippen molar-refractivity contribution in [1.82, 2.24) is 10.0 Å². The van der Waals surface area contributed by atoms with E-state index in [1.807, 2.05) is 30.3 Å². The van der Waals surface area contributed by atoms with Crippen LogP contribution < -0.4 is 10.0 Å². The number of rotatable bonds is 7. The van der Waals surface area contributed by atoms with Crippen LogP contribution in [0.1, 0.15) is 18.1 Å². The van der Waals surface area contributed by atoms with Crippen molar-refractivity contribution >= 4 is 15.9 Å². The Morgan fingerprint density at radius 1 is 1.07 bits per heavy atom. The Labute approximate surface area is 155 Å². The summed E-state index contributed by atoms with van der Waals surface area (Å²) in [6.07, 6.45) is -4.09. The fourth-order valence-electron chi connectivity index (χ4n) is 2.32. The fourth-order valence-corrected chi connectivity index (χ4v) is 3.57. The van der Waals surface area contributed by atoms with Gasteiger partial charge >= 0.3 is 6.18 Å². The van der Waals surface area contributed by atoms with Crippen LogP contribution in [0.3, 0.4) is 0 Å². The molecule has 2 aromatic carbocycles. The van der Waals surface area contributed by atoms with Crippen molar-refractivity contribution in [2.45, 2.75) is 30.5 Å². The standard InChI is InChI=1S/C18H19F3N2O3S/c1-13(17(24)22-11-10-14-6-3-2-4-7-14)23-27(25,26)16-9-5-8-15(12-16)18(19,20)21/h2-9,12-13,23H,10-11H2,1H3,(H,22,24). The first-order valence-electron chi connectivity index (χ1n) is 8.11. The van der Waals surface area contributed by atoms with Crippen LogP contribution in [0.5, 0.6) is 0 Å². The molecule has 1 unspecified atom stereocenters. The van der Waals surface area contributed by atoms with Gasteiger partial charge in [-0.15, -0.1) is 0 Å². The SMILES string of the molecule is CC(NS(=O)(=O)c1cccc(C(F)(F)F)c1)C(=O)NCCc1ccccc1. The van der Waals surface area contributed by atoms with E-state index in [1.165, 1.54) is 6.92 Å². The minimum Gasteiger partial charge on any atom is -0.354 e. The molecule has 9 heteroatoms. The van der Waals surface area contributed by atoms with E-state index in [9.17, 15) is 26.4 Å². The second kappa shape index (κ2) is 8.53. The highest BCUT2D eigenvalue weighted by molar-refractivity contribution is 7.89. The number of carbonyl (C=O) groups excluding carboxylic acids is 1. The van der Waals surface area contributed by atoms with Crippen molar-refractivity contribution in [2.24, 2.45) is 0 Å². The summed E-state index contributed by atoms with van der Waals surface area (Å²) in [5.74, 6) is -0.568. The van der Waals surface area contributed by atoms with E-state index in [2.05, 4.69) is 10.0 Å². The van der Waals surface area contributed by atoms with Crippen molar-refractivity contribution in [1.29, 1.82) is 0 Å². The summed E-state index contributed by atoms with van der Waals surface area (Å²) >= 11 is 0. The average molecular weight is 400 g/mol. The molecule has 0 aliphatic rings. The molecule has 0 saturated heterocycles. The molecule has 0 spiro atoms. The molecule has 0 fully saturated rings. The Morgan fingerprint density at radius 2 is 1.74 bits per heavy atom. The monoisotopic (exact) mass is 400 g/mol. The molecule has 2 rings (SSSR count). The van der Waals surface area contributed by atoms with Crippen molar-refractivity contribution in [3.63, 3.8) is 0 Å². The van der Waals surface area contributed by atoms with Crippen LogP contribution in [-0.2, 0) is 27.4 Å². The molecule has 1 amide bonds. The molecular weight excluding hydrogens is 381 g/mol. The largest absolute Gasteiger partial charge is 0.416 e. The predicted molar refractivity (Wildman–Crippen MR) is 94.4 cm³/mol. The minimum absolute atomic E-state index is 0.304. The molecule has 1 atom stereocenters. The third kappa shape index (κ3) is 6.07. The van der Waals surface area contributed by atoms with Crippen LogP contribution in [0.2, 0.25) is 0 Å². The van der Waals surface area contributed by atoms with E-state index in [-0.39, 0.29) is 0 Å². The van der Waals surface area contributed by atoms with E-state index in [0.717, 1.165) is 23.8 Å². The van der Waals surface area contributed by atoms with E-state index in [0.29, 0.717) is 19.0 Å². The third-order valence-electron chi connectivity index (χ3n) is 3.75. The van der Waals surface area contributed by atoms with Gasteiger partial charge in [-0.2, -0.15) is 17.9 Å². The summed E-state index contributed by atoms with van der Waals surface area (Å²) in [4.78, 5) is 11.5. The van der Waals surface area contributed by atoms with Crippen LogP contribution >= 0.6 is 0 Å². The number of nitrogens with one attached hydrogen (secondary N) is 2. The van der Waals surface area contributed by atoms with Gasteiger partial charge in [-0.05, 0) is 37.1 Å². The molecule has 5 nitrogen and oxygen atoms in total. The van der Waals surface area contributed by atoms with Gasteiger partial charge < -0.3 is 5.32 Å². The molecule has 0 aliphatic heterocycles. The highest BCUT2D eigenvalue weighted by Gasteiger charge is 2.32. The zero-order valence-electron chi connectivity index (χ0n) is 14.5. The summed E-state index contributed by atoms with van der Waals surface area (Å²) in [7, 11) is -4.28. The molecule has 0 radical (unpaired) electrons. The van der Waals surface area contributed by atoms with Gasteiger partial charge in [-0.3, -0.25) is 4.79 Å². The summed E-state index contributed by atoms with van der Waals surface area (Å²) in [5.41, 5.74) is -0.0691. The van der Waals surface area contributed by atoms with E-state index in [4.69, 9.17) is 0 Å². The van der Waals surface area contributed by atoms with Gasteiger partial charge in [0.05, 0.1) is 16.5 Å². The average Bonchev–Trinajstić information content (AvgIpc) is 2.61. The van der Waals surface area contributed by atoms with Gasteiger partial charge in [0.15, 0.2) is 0 Å². The first-order valence-corrected chi connectivity index (χ1v) is 9.59. The van der Waals surface area contributed by atoms with Crippen molar-refractivity contribution < 1.29 is 26.4 Å². The lowest BCUT2D eigenvalue weighted by molar-refractivity contribution is -0.137. The van der Waals surface area contributed by atoms with Crippen molar-refractivity contribution in [3.05, 3.63) is 65.7 Å². The normalized spacial score (nSPS) is 13.2. The Morgan fingerprint density at radius 3 is 2.37 bits per heavy atom. The van der Waals surface area contributed by atoms with Crippen molar-refractivity contribution in [2.75, 3.05) is 6.54 Å². The highest BCUT2D eigenvalue weighted by Crippen LogP contribution is 2.30. The molecule has 27 heavy (non-hydrogen) atoms. The molecular formula is C18H19F3N2O3S. The number of sulfonamides is 1. The minimum atomic E-state index is -4.66. The van der Waals surface area contributed by atoms with Crippen LogP contribution in [0.25, 0.3) is 0 Å². The number of hydrogen-bond acceptors (Lipinski definition) is 3. The smallest absolute Gasteiger partial charge is 0.354 e. The zero-order chi connectivity index (χ0) is 20.1.